The van der Waals surface area contributed by atoms with Crippen molar-refractivity contribution in [1.82, 2.24) is 9.55 Å². The van der Waals surface area contributed by atoms with Crippen molar-refractivity contribution in [3.63, 3.8) is 0 Å². The van der Waals surface area contributed by atoms with Crippen LogP contribution in [0.2, 0.25) is 0 Å². The number of fused-ring (bicyclic) bond motifs is 2. The van der Waals surface area contributed by atoms with Gasteiger partial charge in [0, 0.05) is 18.5 Å². The second-order valence-corrected chi connectivity index (χ2v) is 5.98. The van der Waals surface area contributed by atoms with E-state index in [9.17, 15) is 9.59 Å². The van der Waals surface area contributed by atoms with Crippen molar-refractivity contribution in [2.45, 2.75) is 33.2 Å². The Bertz CT molecular complexity index is 729. The minimum absolute atomic E-state index is 0.00484. The van der Waals surface area contributed by atoms with E-state index >= 15 is 0 Å². The molecule has 0 saturated heterocycles. The molecular weight excluding hydrogens is 240 g/mol. The first kappa shape index (κ1) is 12.1. The molecule has 1 aromatic carbocycles. The molecule has 0 fully saturated rings. The molecule has 2 heterocycles. The monoisotopic (exact) mass is 256 g/mol. The summed E-state index contributed by atoms with van der Waals surface area (Å²) >= 11 is 0. The van der Waals surface area contributed by atoms with Gasteiger partial charge in [-0.15, -0.1) is 0 Å². The molecule has 1 aliphatic rings. The first-order valence-electron chi connectivity index (χ1n) is 6.49. The molecule has 1 aromatic heterocycles. The summed E-state index contributed by atoms with van der Waals surface area (Å²) in [6.07, 6.45) is 2.61. The number of aryl methyl sites for hydroxylation is 1. The van der Waals surface area contributed by atoms with Crippen LogP contribution in [0.3, 0.4) is 0 Å². The summed E-state index contributed by atoms with van der Waals surface area (Å²) in [6, 6.07) is 5.05. The summed E-state index contributed by atoms with van der Waals surface area (Å²) in [5.74, 6) is 0.833. The van der Waals surface area contributed by atoms with Crippen LogP contribution in [0.1, 0.15) is 36.5 Å². The molecule has 0 bridgehead atoms. The zero-order valence-electron chi connectivity index (χ0n) is 11.1. The number of carbonyl (C=O) groups excluding carboxylic acids is 1. The average molecular weight is 256 g/mol. The highest BCUT2D eigenvalue weighted by molar-refractivity contribution is 5.86. The number of hydrogen-bond acceptors (Lipinski definition) is 3. The van der Waals surface area contributed by atoms with Gasteiger partial charge in [-0.3, -0.25) is 14.2 Å². The Balaban J connectivity index is 2.28. The fourth-order valence-corrected chi connectivity index (χ4v) is 2.67. The summed E-state index contributed by atoms with van der Waals surface area (Å²) in [5, 5.41) is 0.590. The van der Waals surface area contributed by atoms with Crippen molar-refractivity contribution in [3.8, 4) is 0 Å². The van der Waals surface area contributed by atoms with Crippen LogP contribution in [0.25, 0.3) is 10.9 Å². The van der Waals surface area contributed by atoms with E-state index in [1.54, 1.807) is 22.8 Å². The molecule has 0 amide bonds. The zero-order valence-corrected chi connectivity index (χ0v) is 11.1. The maximum absolute atomic E-state index is 12.5. The molecule has 0 N–H and O–H groups in total. The maximum atomic E-state index is 12.5. The molecule has 0 atom stereocenters. The molecule has 0 radical (unpaired) electrons. The van der Waals surface area contributed by atoms with Crippen LogP contribution in [0.5, 0.6) is 0 Å². The number of benzene rings is 1. The van der Waals surface area contributed by atoms with Crippen molar-refractivity contribution in [3.05, 3.63) is 39.9 Å². The lowest BCUT2D eigenvalue weighted by atomic mass is 9.85. The largest absolute Gasteiger partial charge is 0.298 e. The molecule has 2 aromatic rings. The van der Waals surface area contributed by atoms with Crippen LogP contribution in [0.15, 0.2) is 23.0 Å². The van der Waals surface area contributed by atoms with Crippen molar-refractivity contribution >= 4 is 17.2 Å². The van der Waals surface area contributed by atoms with Crippen LogP contribution in [-0.2, 0) is 13.0 Å². The lowest BCUT2D eigenvalue weighted by molar-refractivity contribution is 0.112. The van der Waals surface area contributed by atoms with Crippen molar-refractivity contribution in [2.24, 2.45) is 5.41 Å². The predicted molar refractivity (Wildman–Crippen MR) is 73.5 cm³/mol. The second-order valence-electron chi connectivity index (χ2n) is 5.98. The van der Waals surface area contributed by atoms with Crippen molar-refractivity contribution in [2.75, 3.05) is 0 Å². The Morgan fingerprint density at radius 1 is 1.37 bits per heavy atom. The van der Waals surface area contributed by atoms with Gasteiger partial charge in [0.1, 0.15) is 12.1 Å². The van der Waals surface area contributed by atoms with Crippen LogP contribution in [0, 0.1) is 5.41 Å². The molecule has 0 saturated carbocycles. The Morgan fingerprint density at radius 2 is 2.16 bits per heavy atom. The van der Waals surface area contributed by atoms with Gasteiger partial charge in [0.15, 0.2) is 0 Å². The topological polar surface area (TPSA) is 52.0 Å². The molecule has 0 unspecified atom stereocenters. The first-order chi connectivity index (χ1) is 9.00. The lowest BCUT2D eigenvalue weighted by Crippen LogP contribution is -2.36. The van der Waals surface area contributed by atoms with E-state index in [2.05, 4.69) is 18.8 Å². The highest BCUT2D eigenvalue weighted by atomic mass is 16.1. The van der Waals surface area contributed by atoms with E-state index in [1.165, 1.54) is 0 Å². The molecule has 4 heteroatoms. The normalized spacial score (nSPS) is 17.2. The van der Waals surface area contributed by atoms with E-state index in [1.807, 2.05) is 0 Å². The van der Waals surface area contributed by atoms with E-state index in [0.29, 0.717) is 23.0 Å². The van der Waals surface area contributed by atoms with Gasteiger partial charge >= 0.3 is 0 Å². The third-order valence-electron chi connectivity index (χ3n) is 3.81. The summed E-state index contributed by atoms with van der Waals surface area (Å²) in [6.45, 7) is 5.05. The predicted octanol–water partition coefficient (Wildman–Crippen LogP) is 2.18. The molecular formula is C15H16N2O2. The zero-order chi connectivity index (χ0) is 13.6. The minimum atomic E-state index is 0.00484. The molecule has 4 nitrogen and oxygen atoms in total. The van der Waals surface area contributed by atoms with Crippen LogP contribution >= 0.6 is 0 Å². The third kappa shape index (κ3) is 1.97. The van der Waals surface area contributed by atoms with E-state index in [-0.39, 0.29) is 11.0 Å². The second kappa shape index (κ2) is 4.02. The van der Waals surface area contributed by atoms with Gasteiger partial charge in [-0.1, -0.05) is 19.9 Å². The fraction of sp³-hybridized carbons (Fsp3) is 0.400. The Labute approximate surface area is 111 Å². The molecule has 0 aliphatic carbocycles. The van der Waals surface area contributed by atoms with Gasteiger partial charge in [0.25, 0.3) is 5.56 Å². The summed E-state index contributed by atoms with van der Waals surface area (Å²) in [4.78, 5) is 27.8. The highest BCUT2D eigenvalue weighted by Crippen LogP contribution is 2.29. The van der Waals surface area contributed by atoms with Crippen molar-refractivity contribution in [1.29, 1.82) is 0 Å². The quantitative estimate of drug-likeness (QED) is 0.735. The van der Waals surface area contributed by atoms with E-state index < -0.39 is 0 Å². The summed E-state index contributed by atoms with van der Waals surface area (Å²) < 4.78 is 1.78. The van der Waals surface area contributed by atoms with Gasteiger partial charge in [0.2, 0.25) is 0 Å². The van der Waals surface area contributed by atoms with Crippen molar-refractivity contribution < 1.29 is 4.79 Å². The van der Waals surface area contributed by atoms with Gasteiger partial charge in [-0.2, -0.15) is 0 Å². The van der Waals surface area contributed by atoms with Gasteiger partial charge in [-0.05, 0) is 24.0 Å². The molecule has 98 valence electrons. The Hall–Kier alpha value is -1.97. The van der Waals surface area contributed by atoms with E-state index in [4.69, 9.17) is 0 Å². The van der Waals surface area contributed by atoms with Gasteiger partial charge in [-0.25, -0.2) is 4.98 Å². The minimum Gasteiger partial charge on any atom is -0.298 e. The smallest absolute Gasteiger partial charge is 0.261 e. The molecule has 0 spiro atoms. The maximum Gasteiger partial charge on any atom is 0.261 e. The summed E-state index contributed by atoms with van der Waals surface area (Å²) in [5.41, 5.74) is 1.32. The summed E-state index contributed by atoms with van der Waals surface area (Å²) in [7, 11) is 0. The standard InChI is InChI=1S/C15H16N2O2/c1-15(2)6-5-13-16-12-7-10(8-18)3-4-11(12)14(19)17(13)9-15/h3-4,7-8H,5-6,9H2,1-2H3. The number of nitrogens with zero attached hydrogens (tertiary/aromatic N) is 2. The van der Waals surface area contributed by atoms with Crippen LogP contribution in [0.4, 0.5) is 0 Å². The number of aromatic nitrogens is 2. The number of carbonyl (C=O) groups is 1. The SMILES string of the molecule is CC1(C)CCc2nc3cc(C=O)ccc3c(=O)n2C1. The molecule has 3 rings (SSSR count). The number of hydrogen-bond donors (Lipinski definition) is 0. The van der Waals surface area contributed by atoms with Gasteiger partial charge < -0.3 is 0 Å². The number of rotatable bonds is 1. The van der Waals surface area contributed by atoms with E-state index in [0.717, 1.165) is 25.0 Å². The molecule has 19 heavy (non-hydrogen) atoms. The Kier molecular flexibility index (Phi) is 2.55. The van der Waals surface area contributed by atoms with Crippen LogP contribution < -0.4 is 5.56 Å². The molecule has 1 aliphatic heterocycles. The number of aldehydes is 1. The first-order valence-corrected chi connectivity index (χ1v) is 6.49. The van der Waals surface area contributed by atoms with Gasteiger partial charge in [0.05, 0.1) is 10.9 Å². The average Bonchev–Trinajstić information content (AvgIpc) is 2.39. The Morgan fingerprint density at radius 3 is 2.89 bits per heavy atom. The fourth-order valence-electron chi connectivity index (χ4n) is 2.67. The highest BCUT2D eigenvalue weighted by Gasteiger charge is 2.27. The van der Waals surface area contributed by atoms with Crippen LogP contribution in [-0.4, -0.2) is 15.8 Å². The lowest BCUT2D eigenvalue weighted by Gasteiger charge is -2.31. The third-order valence-corrected chi connectivity index (χ3v) is 3.81.